The van der Waals surface area contributed by atoms with E-state index in [1.807, 2.05) is 0 Å². The molecule has 1 fully saturated rings. The molecule has 1 rings (SSSR count). The zero-order chi connectivity index (χ0) is 9.90. The monoisotopic (exact) mass is 185 g/mol. The summed E-state index contributed by atoms with van der Waals surface area (Å²) in [5.74, 6) is -0.0933. The van der Waals surface area contributed by atoms with E-state index in [0.717, 1.165) is 32.2 Å². The van der Waals surface area contributed by atoms with Crippen molar-refractivity contribution in [3.63, 3.8) is 0 Å². The van der Waals surface area contributed by atoms with Crippen molar-refractivity contribution in [1.29, 1.82) is 0 Å². The molecule has 0 spiro atoms. The first-order valence-corrected chi connectivity index (χ1v) is 5.05. The lowest BCUT2D eigenvalue weighted by atomic mass is 9.89. The normalized spacial score (nSPS) is 28.2. The molecular weight excluding hydrogens is 166 g/mol. The molecule has 0 saturated carbocycles. The number of nitrogens with one attached hydrogen (secondary N) is 1. The standard InChI is InChI=1S/C10H19NO2/c1-8(2)4-6-10(9(12)13)5-3-7-11-10/h8,11H,3-7H2,1-2H3,(H,12,13). The molecule has 1 heterocycles. The van der Waals surface area contributed by atoms with E-state index < -0.39 is 11.5 Å². The van der Waals surface area contributed by atoms with Crippen molar-refractivity contribution in [3.8, 4) is 0 Å². The van der Waals surface area contributed by atoms with E-state index >= 15 is 0 Å². The topological polar surface area (TPSA) is 49.3 Å². The summed E-state index contributed by atoms with van der Waals surface area (Å²) >= 11 is 0. The van der Waals surface area contributed by atoms with Gasteiger partial charge in [0.2, 0.25) is 0 Å². The lowest BCUT2D eigenvalue weighted by Gasteiger charge is -2.25. The van der Waals surface area contributed by atoms with Crippen molar-refractivity contribution < 1.29 is 9.90 Å². The SMILES string of the molecule is CC(C)CCC1(C(=O)O)CCCN1. The van der Waals surface area contributed by atoms with E-state index in [2.05, 4.69) is 19.2 Å². The van der Waals surface area contributed by atoms with Crippen LogP contribution in [0.1, 0.15) is 39.5 Å². The second kappa shape index (κ2) is 4.09. The molecule has 2 N–H and O–H groups in total. The van der Waals surface area contributed by atoms with Crippen LogP contribution in [0.15, 0.2) is 0 Å². The van der Waals surface area contributed by atoms with Gasteiger partial charge < -0.3 is 10.4 Å². The van der Waals surface area contributed by atoms with Gasteiger partial charge in [-0.1, -0.05) is 13.8 Å². The summed E-state index contributed by atoms with van der Waals surface area (Å²) < 4.78 is 0. The first-order valence-electron chi connectivity index (χ1n) is 5.05. The van der Waals surface area contributed by atoms with Crippen LogP contribution in [0.3, 0.4) is 0 Å². The molecule has 1 saturated heterocycles. The third-order valence-corrected chi connectivity index (χ3v) is 2.80. The second-order valence-corrected chi connectivity index (χ2v) is 4.35. The summed E-state index contributed by atoms with van der Waals surface area (Å²) in [4.78, 5) is 11.1. The smallest absolute Gasteiger partial charge is 0.323 e. The lowest BCUT2D eigenvalue weighted by molar-refractivity contribution is -0.144. The van der Waals surface area contributed by atoms with Crippen LogP contribution in [0, 0.1) is 5.92 Å². The number of carbonyl (C=O) groups is 1. The van der Waals surface area contributed by atoms with Gasteiger partial charge in [-0.15, -0.1) is 0 Å². The predicted molar refractivity (Wildman–Crippen MR) is 51.7 cm³/mol. The Bertz CT molecular complexity index is 183. The maximum absolute atomic E-state index is 11.1. The molecule has 13 heavy (non-hydrogen) atoms. The fraction of sp³-hybridized carbons (Fsp3) is 0.900. The minimum absolute atomic E-state index is 0.582. The molecule has 0 amide bonds. The summed E-state index contributed by atoms with van der Waals surface area (Å²) in [6, 6.07) is 0. The van der Waals surface area contributed by atoms with Gasteiger partial charge in [-0.3, -0.25) is 4.79 Å². The molecule has 3 nitrogen and oxygen atoms in total. The van der Waals surface area contributed by atoms with E-state index in [-0.39, 0.29) is 0 Å². The van der Waals surface area contributed by atoms with Gasteiger partial charge in [0.05, 0.1) is 0 Å². The van der Waals surface area contributed by atoms with E-state index in [0.29, 0.717) is 5.92 Å². The minimum atomic E-state index is -0.675. The van der Waals surface area contributed by atoms with E-state index in [4.69, 9.17) is 5.11 Å². The highest BCUT2D eigenvalue weighted by Gasteiger charge is 2.40. The van der Waals surface area contributed by atoms with Crippen molar-refractivity contribution in [1.82, 2.24) is 5.32 Å². The third kappa shape index (κ3) is 2.44. The first-order chi connectivity index (χ1) is 6.07. The number of hydrogen-bond acceptors (Lipinski definition) is 2. The average molecular weight is 185 g/mol. The molecule has 0 radical (unpaired) electrons. The molecule has 1 atom stereocenters. The molecule has 0 bridgehead atoms. The Morgan fingerprint density at radius 3 is 2.69 bits per heavy atom. The molecule has 0 aliphatic carbocycles. The average Bonchev–Trinajstić information content (AvgIpc) is 2.50. The Hall–Kier alpha value is -0.570. The summed E-state index contributed by atoms with van der Waals surface area (Å²) in [6.45, 7) is 5.11. The van der Waals surface area contributed by atoms with Crippen LogP contribution in [0.4, 0.5) is 0 Å². The van der Waals surface area contributed by atoms with Crippen LogP contribution in [0.2, 0.25) is 0 Å². The Balaban J connectivity index is 2.52. The molecule has 3 heteroatoms. The predicted octanol–water partition coefficient (Wildman–Crippen LogP) is 1.63. The summed E-state index contributed by atoms with van der Waals surface area (Å²) in [5, 5.41) is 12.2. The fourth-order valence-electron chi connectivity index (χ4n) is 1.84. The first kappa shape index (κ1) is 10.5. The largest absolute Gasteiger partial charge is 0.480 e. The minimum Gasteiger partial charge on any atom is -0.480 e. The maximum Gasteiger partial charge on any atom is 0.323 e. The molecular formula is C10H19NO2. The Morgan fingerprint density at radius 1 is 1.62 bits per heavy atom. The maximum atomic E-state index is 11.1. The van der Waals surface area contributed by atoms with Gasteiger partial charge in [-0.2, -0.15) is 0 Å². The molecule has 76 valence electrons. The zero-order valence-electron chi connectivity index (χ0n) is 8.47. The van der Waals surface area contributed by atoms with Crippen molar-refractivity contribution in [2.75, 3.05) is 6.54 Å². The van der Waals surface area contributed by atoms with Crippen molar-refractivity contribution >= 4 is 5.97 Å². The van der Waals surface area contributed by atoms with Gasteiger partial charge in [0, 0.05) is 0 Å². The second-order valence-electron chi connectivity index (χ2n) is 4.35. The summed E-state index contributed by atoms with van der Waals surface area (Å²) in [5.41, 5.74) is -0.607. The van der Waals surface area contributed by atoms with E-state index in [1.54, 1.807) is 0 Å². The van der Waals surface area contributed by atoms with Crippen LogP contribution in [0.5, 0.6) is 0 Å². The summed E-state index contributed by atoms with van der Waals surface area (Å²) in [6.07, 6.45) is 3.53. The van der Waals surface area contributed by atoms with Crippen LogP contribution < -0.4 is 5.32 Å². The molecule has 0 aromatic rings. The van der Waals surface area contributed by atoms with Crippen LogP contribution in [0.25, 0.3) is 0 Å². The van der Waals surface area contributed by atoms with Gasteiger partial charge in [0.25, 0.3) is 0 Å². The van der Waals surface area contributed by atoms with Gasteiger partial charge in [-0.25, -0.2) is 0 Å². The van der Waals surface area contributed by atoms with Crippen LogP contribution in [-0.2, 0) is 4.79 Å². The van der Waals surface area contributed by atoms with Crippen molar-refractivity contribution in [2.24, 2.45) is 5.92 Å². The third-order valence-electron chi connectivity index (χ3n) is 2.80. The molecule has 1 unspecified atom stereocenters. The van der Waals surface area contributed by atoms with Gasteiger partial charge >= 0.3 is 5.97 Å². The molecule has 1 aliphatic rings. The highest BCUT2D eigenvalue weighted by molar-refractivity contribution is 5.79. The van der Waals surface area contributed by atoms with E-state index in [1.165, 1.54) is 0 Å². The van der Waals surface area contributed by atoms with Gasteiger partial charge in [0.1, 0.15) is 5.54 Å². The van der Waals surface area contributed by atoms with Crippen LogP contribution >= 0.6 is 0 Å². The summed E-state index contributed by atoms with van der Waals surface area (Å²) in [7, 11) is 0. The molecule has 0 aromatic carbocycles. The Labute approximate surface area is 79.5 Å². The highest BCUT2D eigenvalue weighted by Crippen LogP contribution is 2.26. The number of carboxylic acids is 1. The number of aliphatic carboxylic acids is 1. The fourth-order valence-corrected chi connectivity index (χ4v) is 1.84. The lowest BCUT2D eigenvalue weighted by Crippen LogP contribution is -2.47. The molecule has 0 aromatic heterocycles. The Morgan fingerprint density at radius 2 is 2.31 bits per heavy atom. The Kier molecular flexibility index (Phi) is 3.31. The van der Waals surface area contributed by atoms with E-state index in [9.17, 15) is 4.79 Å². The number of carboxylic acid groups (broad SMARTS) is 1. The van der Waals surface area contributed by atoms with Crippen LogP contribution in [-0.4, -0.2) is 23.2 Å². The zero-order valence-corrected chi connectivity index (χ0v) is 8.47. The van der Waals surface area contributed by atoms with Gasteiger partial charge in [0.15, 0.2) is 0 Å². The van der Waals surface area contributed by atoms with Gasteiger partial charge in [-0.05, 0) is 38.1 Å². The number of rotatable bonds is 4. The van der Waals surface area contributed by atoms with Crippen molar-refractivity contribution in [2.45, 2.75) is 45.1 Å². The quantitative estimate of drug-likeness (QED) is 0.700. The highest BCUT2D eigenvalue weighted by atomic mass is 16.4. The molecule has 1 aliphatic heterocycles. The number of hydrogen-bond donors (Lipinski definition) is 2. The van der Waals surface area contributed by atoms with Crippen molar-refractivity contribution in [3.05, 3.63) is 0 Å².